The number of hydrogen-bond acceptors (Lipinski definition) is 23. The molecule has 0 spiro atoms. The molecule has 572 valence electrons. The number of para-hydroxylation sites is 2. The third-order valence-corrected chi connectivity index (χ3v) is 21.0. The summed E-state index contributed by atoms with van der Waals surface area (Å²) in [7, 11) is 14.4. The van der Waals surface area contributed by atoms with Crippen LogP contribution in [0.15, 0.2) is 171 Å². The molecule has 32 heteroatoms. The van der Waals surface area contributed by atoms with E-state index in [0.717, 1.165) is 87.6 Å². The molecule has 12 rings (SSSR count). The molecule has 21 nitrogen and oxygen atoms in total. The van der Waals surface area contributed by atoms with Crippen LogP contribution in [-0.2, 0) is 30.9 Å². The van der Waals surface area contributed by atoms with E-state index < -0.39 is 0 Å². The number of hydrogen-bond donors (Lipinski definition) is 5. The molecule has 0 aliphatic heterocycles. The molecule has 0 saturated carbocycles. The molecule has 0 saturated heterocycles. The molecule has 0 fully saturated rings. The second-order valence-corrected chi connectivity index (χ2v) is 30.1. The van der Waals surface area contributed by atoms with Gasteiger partial charge in [-0.2, -0.15) is 10.2 Å². The number of allylic oxidation sites excluding steroid dienone is 1. The number of aryl methyl sites for hydroxylation is 3. The van der Waals surface area contributed by atoms with E-state index in [1.165, 1.54) is 45.3 Å². The molecule has 7 N–H and O–H groups in total. The predicted octanol–water partition coefficient (Wildman–Crippen LogP) is 20.1. The zero-order chi connectivity index (χ0) is 77.9. The van der Waals surface area contributed by atoms with Crippen molar-refractivity contribution in [3.63, 3.8) is 0 Å². The van der Waals surface area contributed by atoms with E-state index in [2.05, 4.69) is 58.2 Å². The first kappa shape index (κ1) is 88.6. The number of halogens is 7. The van der Waals surface area contributed by atoms with Crippen LogP contribution in [0.2, 0.25) is 30.1 Å². The molecule has 0 amide bonds. The lowest BCUT2D eigenvalue weighted by molar-refractivity contribution is 0.0116. The Hall–Kier alpha value is -8.35. The lowest BCUT2D eigenvalue weighted by Gasteiger charge is -2.16. The Morgan fingerprint density at radius 2 is 0.917 bits per heavy atom. The summed E-state index contributed by atoms with van der Waals surface area (Å²) in [6, 6.07) is 38.2. The molecule has 0 radical (unpaired) electrons. The third kappa shape index (κ3) is 26.2. The number of benzene rings is 6. The van der Waals surface area contributed by atoms with Crippen LogP contribution in [0.3, 0.4) is 0 Å². The number of rotatable bonds is 23. The van der Waals surface area contributed by atoms with Crippen molar-refractivity contribution in [1.82, 2.24) is 49.3 Å². The fourth-order valence-corrected chi connectivity index (χ4v) is 14.0. The van der Waals surface area contributed by atoms with Crippen molar-refractivity contribution >= 4 is 159 Å². The maximum atomic E-state index is 12.0. The number of anilines is 4. The van der Waals surface area contributed by atoms with Gasteiger partial charge in [0.2, 0.25) is 0 Å². The van der Waals surface area contributed by atoms with E-state index >= 15 is 0 Å². The van der Waals surface area contributed by atoms with Crippen LogP contribution in [0.5, 0.6) is 17.2 Å². The van der Waals surface area contributed by atoms with Gasteiger partial charge in [0, 0.05) is 111 Å². The average molecular weight is 1680 g/mol. The molecule has 0 aliphatic carbocycles. The largest absolute Gasteiger partial charge is 0.496 e. The Morgan fingerprint density at radius 1 is 0.537 bits per heavy atom. The normalized spacial score (nSPS) is 10.8. The maximum absolute atomic E-state index is 12.0. The van der Waals surface area contributed by atoms with Crippen molar-refractivity contribution in [2.45, 2.75) is 67.0 Å². The summed E-state index contributed by atoms with van der Waals surface area (Å²) in [4.78, 5) is 47.1. The predicted molar refractivity (Wildman–Crippen MR) is 452 cm³/mol. The Labute approximate surface area is 682 Å². The highest BCUT2D eigenvalue weighted by Gasteiger charge is 2.19. The Kier molecular flexibility index (Phi) is 36.4. The molecule has 1 atom stereocenters. The van der Waals surface area contributed by atoms with Crippen LogP contribution < -0.4 is 41.6 Å². The molecule has 12 aromatic rings. The number of carbonyl (C=O) groups is 2. The van der Waals surface area contributed by atoms with Gasteiger partial charge in [-0.05, 0) is 125 Å². The number of aromatic nitrogens is 8. The summed E-state index contributed by atoms with van der Waals surface area (Å²) in [5.74, 6) is 2.56. The first-order valence-electron chi connectivity index (χ1n) is 32.7. The highest BCUT2D eigenvalue weighted by atomic mass is 35.5. The molecule has 1 unspecified atom stereocenters. The summed E-state index contributed by atoms with van der Waals surface area (Å²) < 4.78 is 24.6. The highest BCUT2D eigenvalue weighted by Crippen LogP contribution is 2.38. The van der Waals surface area contributed by atoms with E-state index in [1.807, 2.05) is 133 Å². The Morgan fingerprint density at radius 3 is 1.26 bits per heavy atom. The number of thiazole rings is 4. The zero-order valence-electron chi connectivity index (χ0n) is 61.5. The fourth-order valence-electron chi connectivity index (χ4n) is 9.33. The second-order valence-electron chi connectivity index (χ2n) is 23.5. The summed E-state index contributed by atoms with van der Waals surface area (Å²) in [5.41, 5.74) is 21.5. The van der Waals surface area contributed by atoms with Gasteiger partial charge in [-0.3, -0.25) is 14.5 Å². The number of ketones is 2. The molecular formula is C76H84Cl7N15O6S4. The van der Waals surface area contributed by atoms with Crippen molar-refractivity contribution in [3.8, 4) is 49.8 Å². The summed E-state index contributed by atoms with van der Waals surface area (Å²) in [5, 5.41) is 24.7. The first-order valence-corrected chi connectivity index (χ1v) is 38.2. The number of nitrogens with zero attached hydrogens (tertiary/aromatic N) is 10. The molecule has 0 bridgehead atoms. The SMILES string of the molecule is COC(C)N(C)C.COc1cc(C)ccc1CNc1ncc(-c2ccnn2-c2c(Cl)cccc2Cl)s1.COc1cc(C)ccc1CNc1ncc(C(=O)/C=C/N(C)C)s1.COc1cc(C)ccc1CNc1ncc(C(C)=O)s1.Cl.NCc1c(Cl)cccc1Cl.Nc1ncc(-c2ccnn2-c2c(Cl)cccc2Cl)s1. The smallest absolute Gasteiger partial charge is 0.198 e. The molecule has 108 heavy (non-hydrogen) atoms. The number of carbonyl (C=O) groups excluding carboxylic acids is 2. The van der Waals surface area contributed by atoms with Gasteiger partial charge in [-0.25, -0.2) is 29.3 Å². The number of Topliss-reactive ketones (excluding diaryl/α,β-unsaturated/α-hetero) is 1. The maximum Gasteiger partial charge on any atom is 0.198 e. The summed E-state index contributed by atoms with van der Waals surface area (Å²) in [6.45, 7) is 11.9. The number of ether oxygens (including phenoxy) is 4. The van der Waals surface area contributed by atoms with Crippen molar-refractivity contribution in [1.29, 1.82) is 0 Å². The monoisotopic (exact) mass is 1680 g/mol. The topological polar surface area (TPSA) is 253 Å². The number of nitrogen functional groups attached to an aromatic ring is 1. The van der Waals surface area contributed by atoms with Gasteiger partial charge in [0.05, 0.1) is 97.1 Å². The van der Waals surface area contributed by atoms with Crippen LogP contribution in [0.1, 0.15) is 72.1 Å². The zero-order valence-corrected chi connectivity index (χ0v) is 70.1. The van der Waals surface area contributed by atoms with Crippen molar-refractivity contribution in [2.75, 3.05) is 78.3 Å². The van der Waals surface area contributed by atoms with Crippen molar-refractivity contribution in [3.05, 3.63) is 250 Å². The van der Waals surface area contributed by atoms with Crippen molar-refractivity contribution < 1.29 is 28.5 Å². The Bertz CT molecular complexity index is 4830. The van der Waals surface area contributed by atoms with Gasteiger partial charge >= 0.3 is 0 Å². The van der Waals surface area contributed by atoms with E-state index in [-0.39, 0.29) is 30.2 Å². The van der Waals surface area contributed by atoms with E-state index in [1.54, 1.807) is 137 Å². The van der Waals surface area contributed by atoms with Crippen LogP contribution in [0.25, 0.3) is 32.5 Å². The number of nitrogens with one attached hydrogen (secondary N) is 3. The van der Waals surface area contributed by atoms with Crippen LogP contribution in [0.4, 0.5) is 20.5 Å². The lowest BCUT2D eigenvalue weighted by Crippen LogP contribution is -2.25. The summed E-state index contributed by atoms with van der Waals surface area (Å²) >= 11 is 42.3. The van der Waals surface area contributed by atoms with E-state index in [4.69, 9.17) is 100 Å². The Balaban J connectivity index is 0.000000211. The van der Waals surface area contributed by atoms with E-state index in [9.17, 15) is 9.59 Å². The summed E-state index contributed by atoms with van der Waals surface area (Å²) in [6.07, 6.45) is 13.6. The van der Waals surface area contributed by atoms with Gasteiger partial charge in [0.15, 0.2) is 32.1 Å². The minimum Gasteiger partial charge on any atom is -0.496 e. The lowest BCUT2D eigenvalue weighted by atomic mass is 10.1. The third-order valence-electron chi connectivity index (χ3n) is 15.2. The van der Waals surface area contributed by atoms with Gasteiger partial charge in [0.25, 0.3) is 0 Å². The van der Waals surface area contributed by atoms with Gasteiger partial charge in [-0.1, -0.05) is 170 Å². The molecule has 6 heterocycles. The van der Waals surface area contributed by atoms with E-state index in [0.29, 0.717) is 87.7 Å². The van der Waals surface area contributed by atoms with Gasteiger partial charge < -0.3 is 51.3 Å². The van der Waals surface area contributed by atoms with Crippen LogP contribution in [0, 0.1) is 20.8 Å². The number of methoxy groups -OCH3 is 4. The van der Waals surface area contributed by atoms with Crippen molar-refractivity contribution in [2.24, 2.45) is 5.73 Å². The minimum absolute atomic E-state index is 0. The standard InChI is InChI=1S/C21H18Cl2N4OS.C17H21N3O2S.C14H16N2O2S.C12H8Cl2N4S.C7H7Cl2N.C5H13NO.ClH/c1-13-6-7-14(18(10-13)28-2)11-24-21-25-12-19(29-21)17-8-9-26-27(17)20-15(22)4-3-5-16(20)23;1-12-5-6-13(15(9-12)22-4)10-18-17-19-11-16(23-17)14(21)7-8-20(2)3;1-9-4-5-11(12(6-9)18-3)7-15-14-16-8-13(19-14)10(2)17;13-7-2-1-3-8(14)11(7)18-9(4-5-17-18)10-6-16-12(15)19-10;8-6-2-1-3-7(9)5(6)4-10;1-5(7-4)6(2)3;/h3-10,12H,11H2,1-2H3,(H,24,25);5-9,11H,10H2,1-4H3,(H,18,19);4-6,8H,7H2,1-3H3,(H,15,16);1-6H,(H2,15,16);1-3H,4,10H2;5H,1-4H3;1H/b;8-7+;;;;;. The van der Waals surface area contributed by atoms with Gasteiger partial charge in [0.1, 0.15) is 34.9 Å². The second kappa shape index (κ2) is 44.3. The minimum atomic E-state index is -0.0443. The van der Waals surface area contributed by atoms with Crippen LogP contribution >= 0.6 is 127 Å². The number of nitrogens with two attached hydrogens (primary N) is 2. The molecular weight excluding hydrogens is 1600 g/mol. The fraction of sp³-hybridized carbons (Fsp3) is 0.237. The average Bonchev–Trinajstić information content (AvgIpc) is 1.64. The van der Waals surface area contributed by atoms with Crippen LogP contribution in [-0.4, -0.2) is 124 Å². The quantitative estimate of drug-likeness (QED) is 0.0227. The first-order chi connectivity index (χ1) is 51.2. The molecule has 6 aromatic carbocycles. The molecule has 0 aliphatic rings. The highest BCUT2D eigenvalue weighted by molar-refractivity contribution is 7.19. The van der Waals surface area contributed by atoms with Gasteiger partial charge in [-0.15, -0.1) is 12.4 Å². The molecule has 6 aromatic heterocycles.